The first-order valence-corrected chi connectivity index (χ1v) is 7.15. The van der Waals surface area contributed by atoms with Crippen molar-refractivity contribution in [2.24, 2.45) is 0 Å². The van der Waals surface area contributed by atoms with Crippen molar-refractivity contribution in [3.8, 4) is 0 Å². The Balaban J connectivity index is 1.92. The number of carbonyl (C=O) groups is 2. The Kier molecular flexibility index (Phi) is 4.90. The Morgan fingerprint density at radius 3 is 2.43 bits per heavy atom. The third-order valence-corrected chi connectivity index (χ3v) is 3.76. The van der Waals surface area contributed by atoms with Crippen molar-refractivity contribution in [3.63, 3.8) is 0 Å². The fourth-order valence-corrected chi connectivity index (χ4v) is 2.51. The molecule has 2 rings (SSSR count). The summed E-state index contributed by atoms with van der Waals surface area (Å²) in [6, 6.07) is 3.68. The molecule has 114 valence electrons. The molecule has 1 amide bonds. The lowest BCUT2D eigenvalue weighted by atomic mass is 10.1. The second-order valence-electron chi connectivity index (χ2n) is 5.36. The van der Waals surface area contributed by atoms with Gasteiger partial charge in [-0.3, -0.25) is 19.5 Å². The Hall–Kier alpha value is -1.95. The molecule has 6 heteroatoms. The van der Waals surface area contributed by atoms with Crippen molar-refractivity contribution in [1.82, 2.24) is 14.8 Å². The molecule has 1 aromatic heterocycles. The molecule has 6 nitrogen and oxygen atoms in total. The molecule has 0 atom stereocenters. The summed E-state index contributed by atoms with van der Waals surface area (Å²) in [5, 5.41) is 8.69. The predicted molar refractivity (Wildman–Crippen MR) is 78.3 cm³/mol. The number of hydrogen-bond donors (Lipinski definition) is 1. The summed E-state index contributed by atoms with van der Waals surface area (Å²) in [6.07, 6.45) is 0.148. The number of aromatic nitrogens is 1. The van der Waals surface area contributed by atoms with E-state index in [0.29, 0.717) is 25.2 Å². The molecule has 0 unspecified atom stereocenters. The lowest BCUT2D eigenvalue weighted by Crippen LogP contribution is -2.49. The molecule has 0 bridgehead atoms. The molecular formula is C15H21N3O3. The second kappa shape index (κ2) is 6.67. The normalized spacial score (nSPS) is 16.0. The van der Waals surface area contributed by atoms with E-state index < -0.39 is 5.97 Å². The highest BCUT2D eigenvalue weighted by Crippen LogP contribution is 2.12. The summed E-state index contributed by atoms with van der Waals surface area (Å²) in [4.78, 5) is 31.3. The number of amides is 1. The van der Waals surface area contributed by atoms with Crippen LogP contribution in [0.15, 0.2) is 12.1 Å². The van der Waals surface area contributed by atoms with Crippen LogP contribution in [0.5, 0.6) is 0 Å². The number of carboxylic acids is 1. The quantitative estimate of drug-likeness (QED) is 0.893. The molecule has 0 aromatic carbocycles. The minimum absolute atomic E-state index is 0.0119. The first-order valence-electron chi connectivity index (χ1n) is 7.15. The van der Waals surface area contributed by atoms with Gasteiger partial charge in [-0.25, -0.2) is 0 Å². The number of aryl methyl sites for hydroxylation is 2. The fourth-order valence-electron chi connectivity index (χ4n) is 2.51. The van der Waals surface area contributed by atoms with Crippen molar-refractivity contribution >= 4 is 11.9 Å². The molecule has 1 fully saturated rings. The molecule has 1 N–H and O–H groups in total. The molecule has 1 aromatic rings. The van der Waals surface area contributed by atoms with Gasteiger partial charge in [0.1, 0.15) is 0 Å². The van der Waals surface area contributed by atoms with Gasteiger partial charge in [-0.05, 0) is 26.0 Å². The van der Waals surface area contributed by atoms with E-state index in [9.17, 15) is 9.59 Å². The average Bonchev–Trinajstić information content (AvgIpc) is 2.45. The first-order chi connectivity index (χ1) is 9.97. The first kappa shape index (κ1) is 15.4. The van der Waals surface area contributed by atoms with Gasteiger partial charge in [0.05, 0.1) is 17.7 Å². The number of nitrogens with zero attached hydrogens (tertiary/aromatic N) is 3. The maximum Gasteiger partial charge on any atom is 0.304 e. The molecule has 0 saturated carbocycles. The number of carbonyl (C=O) groups excluding carboxylic acids is 1. The summed E-state index contributed by atoms with van der Waals surface area (Å²) in [5.74, 6) is -0.771. The summed E-state index contributed by atoms with van der Waals surface area (Å²) in [6.45, 7) is 7.00. The van der Waals surface area contributed by atoms with Gasteiger partial charge in [0.15, 0.2) is 0 Å². The molecule has 0 aliphatic carbocycles. The lowest BCUT2D eigenvalue weighted by Gasteiger charge is -2.34. The van der Waals surface area contributed by atoms with Crippen molar-refractivity contribution in [2.45, 2.75) is 20.3 Å². The van der Waals surface area contributed by atoms with E-state index in [1.165, 1.54) is 0 Å². The molecule has 2 heterocycles. The third kappa shape index (κ3) is 4.01. The highest BCUT2D eigenvalue weighted by Gasteiger charge is 2.23. The van der Waals surface area contributed by atoms with Crippen LogP contribution in [0.25, 0.3) is 0 Å². The number of aliphatic carboxylic acids is 1. The van der Waals surface area contributed by atoms with Gasteiger partial charge >= 0.3 is 5.97 Å². The zero-order valence-corrected chi connectivity index (χ0v) is 12.5. The van der Waals surface area contributed by atoms with E-state index in [1.807, 2.05) is 30.9 Å². The Morgan fingerprint density at radius 2 is 1.86 bits per heavy atom. The van der Waals surface area contributed by atoms with E-state index in [4.69, 9.17) is 5.11 Å². The minimum Gasteiger partial charge on any atom is -0.481 e. The number of pyridine rings is 1. The van der Waals surface area contributed by atoms with Gasteiger partial charge < -0.3 is 10.0 Å². The summed E-state index contributed by atoms with van der Waals surface area (Å²) >= 11 is 0. The monoisotopic (exact) mass is 291 g/mol. The smallest absolute Gasteiger partial charge is 0.304 e. The third-order valence-electron chi connectivity index (χ3n) is 3.76. The van der Waals surface area contributed by atoms with E-state index in [0.717, 1.165) is 24.5 Å². The largest absolute Gasteiger partial charge is 0.481 e. The van der Waals surface area contributed by atoms with E-state index in [-0.39, 0.29) is 12.3 Å². The second-order valence-corrected chi connectivity index (χ2v) is 5.36. The van der Waals surface area contributed by atoms with Crippen LogP contribution in [-0.2, 0) is 4.79 Å². The zero-order chi connectivity index (χ0) is 15.4. The van der Waals surface area contributed by atoms with Crippen LogP contribution < -0.4 is 0 Å². The van der Waals surface area contributed by atoms with Crippen LogP contribution >= 0.6 is 0 Å². The van der Waals surface area contributed by atoms with Crippen molar-refractivity contribution < 1.29 is 14.7 Å². The van der Waals surface area contributed by atoms with Gasteiger partial charge in [0, 0.05) is 38.4 Å². The van der Waals surface area contributed by atoms with E-state index in [1.54, 1.807) is 0 Å². The van der Waals surface area contributed by atoms with E-state index >= 15 is 0 Å². The number of piperazine rings is 1. The fraction of sp³-hybridized carbons (Fsp3) is 0.533. The minimum atomic E-state index is -0.783. The van der Waals surface area contributed by atoms with Crippen LogP contribution in [0.2, 0.25) is 0 Å². The van der Waals surface area contributed by atoms with Gasteiger partial charge in [-0.2, -0.15) is 0 Å². The maximum atomic E-state index is 12.5. The molecule has 0 radical (unpaired) electrons. The van der Waals surface area contributed by atoms with E-state index in [2.05, 4.69) is 9.88 Å². The predicted octanol–water partition coefficient (Wildman–Crippen LogP) is 0.931. The maximum absolute atomic E-state index is 12.5. The molecular weight excluding hydrogens is 270 g/mol. The summed E-state index contributed by atoms with van der Waals surface area (Å²) in [7, 11) is 0. The molecule has 1 saturated heterocycles. The number of carboxylic acid groups (broad SMARTS) is 1. The van der Waals surface area contributed by atoms with Crippen LogP contribution in [0.3, 0.4) is 0 Å². The number of hydrogen-bond acceptors (Lipinski definition) is 4. The topological polar surface area (TPSA) is 73.7 Å². The molecule has 0 spiro atoms. The standard InChI is InChI=1S/C15H21N3O3/c1-11-3-4-13(12(2)16-11)15(21)18-9-7-17(8-10-18)6-5-14(19)20/h3-4H,5-10H2,1-2H3,(H,19,20). The van der Waals surface area contributed by atoms with Gasteiger partial charge in [-0.15, -0.1) is 0 Å². The van der Waals surface area contributed by atoms with Gasteiger partial charge in [-0.1, -0.05) is 0 Å². The Morgan fingerprint density at radius 1 is 1.19 bits per heavy atom. The SMILES string of the molecule is Cc1ccc(C(=O)N2CCN(CCC(=O)O)CC2)c(C)n1. The Bertz CT molecular complexity index is 537. The average molecular weight is 291 g/mol. The van der Waals surface area contributed by atoms with Gasteiger partial charge in [0.2, 0.25) is 0 Å². The van der Waals surface area contributed by atoms with Crippen molar-refractivity contribution in [1.29, 1.82) is 0 Å². The van der Waals surface area contributed by atoms with Gasteiger partial charge in [0.25, 0.3) is 5.91 Å². The lowest BCUT2D eigenvalue weighted by molar-refractivity contribution is -0.137. The zero-order valence-electron chi connectivity index (χ0n) is 12.5. The van der Waals surface area contributed by atoms with Crippen LogP contribution in [0.1, 0.15) is 28.2 Å². The highest BCUT2D eigenvalue weighted by molar-refractivity contribution is 5.95. The van der Waals surface area contributed by atoms with Crippen molar-refractivity contribution in [3.05, 3.63) is 29.1 Å². The summed E-state index contributed by atoms with van der Waals surface area (Å²) < 4.78 is 0. The summed E-state index contributed by atoms with van der Waals surface area (Å²) in [5.41, 5.74) is 2.32. The molecule has 1 aliphatic heterocycles. The van der Waals surface area contributed by atoms with Crippen LogP contribution in [0, 0.1) is 13.8 Å². The highest BCUT2D eigenvalue weighted by atomic mass is 16.4. The van der Waals surface area contributed by atoms with Crippen LogP contribution in [-0.4, -0.2) is 64.5 Å². The van der Waals surface area contributed by atoms with Crippen molar-refractivity contribution in [2.75, 3.05) is 32.7 Å². The molecule has 21 heavy (non-hydrogen) atoms. The number of rotatable bonds is 4. The Labute approximate surface area is 124 Å². The van der Waals surface area contributed by atoms with Crippen LogP contribution in [0.4, 0.5) is 0 Å². The molecule has 1 aliphatic rings.